The fourth-order valence-corrected chi connectivity index (χ4v) is 4.42. The first-order chi connectivity index (χ1) is 15.6. The van der Waals surface area contributed by atoms with Crippen molar-refractivity contribution in [2.45, 2.75) is 51.4 Å². The second-order valence-electron chi connectivity index (χ2n) is 9.66. The molecule has 0 aliphatic carbocycles. The van der Waals surface area contributed by atoms with Gasteiger partial charge in [-0.1, -0.05) is 45.0 Å². The molecule has 1 aromatic carbocycles. The smallest absolute Gasteiger partial charge is 0.243 e. The molecule has 0 bridgehead atoms. The molecular formula is C24H34FN5O3. The summed E-state index contributed by atoms with van der Waals surface area (Å²) in [5, 5.41) is 20.1. The van der Waals surface area contributed by atoms with Crippen molar-refractivity contribution in [1.29, 1.82) is 0 Å². The highest BCUT2D eigenvalue weighted by Gasteiger charge is 2.43. The molecule has 8 nitrogen and oxygen atoms in total. The number of rotatable bonds is 7. The van der Waals surface area contributed by atoms with E-state index in [1.807, 2.05) is 46.0 Å². The SMILES string of the molecule is CN[C@H](C(=O)N1C[C@H](O)C[C@H]1C(=O)N[C@@H](CF)c1ccc(-c2ccnn2C)cc1)C(C)(C)C. The molecule has 0 spiro atoms. The van der Waals surface area contributed by atoms with E-state index >= 15 is 0 Å². The standard InChI is InChI=1S/C24H34FN5O3/c1-24(2,3)21(26-4)23(33)30-14-17(31)12-20(30)22(32)28-18(13-25)15-6-8-16(9-7-15)19-10-11-27-29(19)5/h6-11,17-18,20-21,26,31H,12-14H2,1-5H3,(H,28,32)/t17-,18+,20+,21-/m1/s1. The minimum Gasteiger partial charge on any atom is -0.391 e. The van der Waals surface area contributed by atoms with Gasteiger partial charge in [0.05, 0.1) is 23.9 Å². The summed E-state index contributed by atoms with van der Waals surface area (Å²) in [6.45, 7) is 5.08. The van der Waals surface area contributed by atoms with Gasteiger partial charge in [-0.25, -0.2) is 4.39 Å². The van der Waals surface area contributed by atoms with Crippen LogP contribution in [0.15, 0.2) is 36.5 Å². The molecule has 1 aromatic heterocycles. The average molecular weight is 460 g/mol. The van der Waals surface area contributed by atoms with Crippen LogP contribution < -0.4 is 10.6 Å². The molecular weight excluding hydrogens is 425 g/mol. The van der Waals surface area contributed by atoms with Crippen LogP contribution in [0.2, 0.25) is 0 Å². The molecule has 0 saturated carbocycles. The highest BCUT2D eigenvalue weighted by molar-refractivity contribution is 5.91. The van der Waals surface area contributed by atoms with Crippen molar-refractivity contribution in [3.05, 3.63) is 42.1 Å². The van der Waals surface area contributed by atoms with Gasteiger partial charge < -0.3 is 20.6 Å². The van der Waals surface area contributed by atoms with Crippen LogP contribution in [0.4, 0.5) is 4.39 Å². The topological polar surface area (TPSA) is 99.5 Å². The van der Waals surface area contributed by atoms with Gasteiger partial charge in [-0.15, -0.1) is 0 Å². The predicted molar refractivity (Wildman–Crippen MR) is 124 cm³/mol. The van der Waals surface area contributed by atoms with Crippen LogP contribution in [0, 0.1) is 5.41 Å². The lowest BCUT2D eigenvalue weighted by Gasteiger charge is -2.35. The van der Waals surface area contributed by atoms with Gasteiger partial charge in [-0.3, -0.25) is 14.3 Å². The van der Waals surface area contributed by atoms with Crippen LogP contribution in [0.3, 0.4) is 0 Å². The van der Waals surface area contributed by atoms with E-state index in [1.165, 1.54) is 4.90 Å². The van der Waals surface area contributed by atoms with Gasteiger partial charge >= 0.3 is 0 Å². The van der Waals surface area contributed by atoms with Gasteiger partial charge in [0.2, 0.25) is 11.8 Å². The van der Waals surface area contributed by atoms with Crippen molar-refractivity contribution in [1.82, 2.24) is 25.3 Å². The van der Waals surface area contributed by atoms with Gasteiger partial charge in [0, 0.05) is 26.2 Å². The number of β-amino-alcohol motifs (C(OH)–C–C–N with tert-alkyl or cyclic N) is 1. The summed E-state index contributed by atoms with van der Waals surface area (Å²) >= 11 is 0. The summed E-state index contributed by atoms with van der Waals surface area (Å²) in [7, 11) is 3.54. The van der Waals surface area contributed by atoms with Gasteiger partial charge in [-0.05, 0) is 29.7 Å². The molecule has 1 saturated heterocycles. The van der Waals surface area contributed by atoms with Crippen molar-refractivity contribution >= 4 is 11.8 Å². The minimum absolute atomic E-state index is 0.0743. The number of likely N-dealkylation sites (tertiary alicyclic amines) is 1. The predicted octanol–water partition coefficient (Wildman–Crippen LogP) is 1.81. The third-order valence-corrected chi connectivity index (χ3v) is 6.17. The van der Waals surface area contributed by atoms with Crippen LogP contribution in [0.1, 0.15) is 38.8 Å². The number of benzene rings is 1. The van der Waals surface area contributed by atoms with Crippen LogP contribution in [-0.4, -0.2) is 70.1 Å². The number of aromatic nitrogens is 2. The minimum atomic E-state index is -0.853. The van der Waals surface area contributed by atoms with Gasteiger partial charge in [0.15, 0.2) is 0 Å². The van der Waals surface area contributed by atoms with Crippen molar-refractivity contribution in [3.8, 4) is 11.3 Å². The number of aryl methyl sites for hydroxylation is 1. The van der Waals surface area contributed by atoms with Crippen LogP contribution in [0.5, 0.6) is 0 Å². The molecule has 1 aliphatic heterocycles. The first kappa shape index (κ1) is 24.9. The molecule has 1 aliphatic rings. The molecule has 2 aromatic rings. The fourth-order valence-electron chi connectivity index (χ4n) is 4.42. The highest BCUT2D eigenvalue weighted by Crippen LogP contribution is 2.27. The lowest BCUT2D eigenvalue weighted by molar-refractivity contribution is -0.142. The van der Waals surface area contributed by atoms with Crippen LogP contribution in [-0.2, 0) is 16.6 Å². The largest absolute Gasteiger partial charge is 0.391 e. The van der Waals surface area contributed by atoms with Crippen LogP contribution >= 0.6 is 0 Å². The number of hydrogen-bond donors (Lipinski definition) is 3. The van der Waals surface area contributed by atoms with E-state index in [9.17, 15) is 19.1 Å². The first-order valence-electron chi connectivity index (χ1n) is 11.2. The Morgan fingerprint density at radius 3 is 2.42 bits per heavy atom. The lowest BCUT2D eigenvalue weighted by atomic mass is 9.86. The molecule has 0 unspecified atom stereocenters. The fraction of sp³-hybridized carbons (Fsp3) is 0.542. The molecule has 9 heteroatoms. The highest BCUT2D eigenvalue weighted by atomic mass is 19.1. The van der Waals surface area contributed by atoms with E-state index < -0.39 is 36.8 Å². The number of alkyl halides is 1. The molecule has 2 heterocycles. The normalized spacial score (nSPS) is 20.5. The number of aliphatic hydroxyl groups is 1. The molecule has 33 heavy (non-hydrogen) atoms. The lowest BCUT2D eigenvalue weighted by Crippen LogP contribution is -2.56. The number of aliphatic hydroxyl groups excluding tert-OH is 1. The van der Waals surface area contributed by atoms with E-state index in [-0.39, 0.29) is 24.3 Å². The summed E-state index contributed by atoms with van der Waals surface area (Å²) in [6.07, 6.45) is 1.02. The average Bonchev–Trinajstić information content (AvgIpc) is 3.37. The van der Waals surface area contributed by atoms with Gasteiger partial charge in [-0.2, -0.15) is 5.10 Å². The molecule has 0 radical (unpaired) electrons. The molecule has 180 valence electrons. The third-order valence-electron chi connectivity index (χ3n) is 6.17. The zero-order valence-corrected chi connectivity index (χ0v) is 19.9. The van der Waals surface area contributed by atoms with Gasteiger partial charge in [0.1, 0.15) is 12.7 Å². The molecule has 2 amide bonds. The second-order valence-corrected chi connectivity index (χ2v) is 9.66. The summed E-state index contributed by atoms with van der Waals surface area (Å²) in [6, 6.07) is 6.93. The molecule has 4 atom stereocenters. The summed E-state index contributed by atoms with van der Waals surface area (Å²) in [5.74, 6) is -0.721. The zero-order chi connectivity index (χ0) is 24.3. The number of carbonyl (C=O) groups is 2. The Hall–Kier alpha value is -2.78. The quantitative estimate of drug-likeness (QED) is 0.587. The number of nitrogens with one attached hydrogen (secondary N) is 2. The zero-order valence-electron chi connectivity index (χ0n) is 19.9. The second kappa shape index (κ2) is 10.0. The van der Waals surface area contributed by atoms with E-state index in [4.69, 9.17) is 0 Å². The number of halogens is 1. The van der Waals surface area contributed by atoms with Crippen molar-refractivity contribution in [2.75, 3.05) is 20.3 Å². The summed E-state index contributed by atoms with van der Waals surface area (Å²) < 4.78 is 15.7. The maximum Gasteiger partial charge on any atom is 0.243 e. The Kier molecular flexibility index (Phi) is 7.54. The third kappa shape index (κ3) is 5.42. The summed E-state index contributed by atoms with van der Waals surface area (Å²) in [5.41, 5.74) is 2.10. The Bertz CT molecular complexity index is 969. The molecule has 3 N–H and O–H groups in total. The van der Waals surface area contributed by atoms with E-state index in [1.54, 1.807) is 30.1 Å². The molecule has 1 fully saturated rings. The summed E-state index contributed by atoms with van der Waals surface area (Å²) in [4.78, 5) is 27.7. The monoisotopic (exact) mass is 459 g/mol. The van der Waals surface area contributed by atoms with E-state index in [0.717, 1.165) is 11.3 Å². The van der Waals surface area contributed by atoms with Crippen molar-refractivity contribution in [3.63, 3.8) is 0 Å². The number of carbonyl (C=O) groups excluding carboxylic acids is 2. The Morgan fingerprint density at radius 2 is 1.91 bits per heavy atom. The number of amides is 2. The number of nitrogens with zero attached hydrogens (tertiary/aromatic N) is 3. The number of likely N-dealkylation sites (N-methyl/N-ethyl adjacent to an activating group) is 1. The van der Waals surface area contributed by atoms with E-state index in [2.05, 4.69) is 15.7 Å². The number of hydrogen-bond acceptors (Lipinski definition) is 5. The Labute approximate surface area is 194 Å². The molecule has 3 rings (SSSR count). The van der Waals surface area contributed by atoms with E-state index in [0.29, 0.717) is 5.56 Å². The first-order valence-corrected chi connectivity index (χ1v) is 11.2. The Balaban J connectivity index is 1.75. The maximum absolute atomic E-state index is 13.9. The van der Waals surface area contributed by atoms with Gasteiger partial charge in [0.25, 0.3) is 0 Å². The van der Waals surface area contributed by atoms with Crippen LogP contribution in [0.25, 0.3) is 11.3 Å². The maximum atomic E-state index is 13.9. The Morgan fingerprint density at radius 1 is 1.24 bits per heavy atom. The van der Waals surface area contributed by atoms with Crippen molar-refractivity contribution in [2.24, 2.45) is 12.5 Å². The van der Waals surface area contributed by atoms with Crippen molar-refractivity contribution < 1.29 is 19.1 Å².